The third-order valence-electron chi connectivity index (χ3n) is 2.24. The minimum absolute atomic E-state index is 0.0302. The van der Waals surface area contributed by atoms with Crippen LogP contribution in [-0.2, 0) is 0 Å². The smallest absolute Gasteiger partial charge is 0.348 e. The number of hydrogen-bond donors (Lipinski definition) is 0. The fraction of sp³-hybridized carbons (Fsp3) is 0. The summed E-state index contributed by atoms with van der Waals surface area (Å²) in [6, 6.07) is 6.57. The number of ether oxygens (including phenoxy) is 1. The normalized spacial score (nSPS) is 9.85. The molecule has 0 aliphatic carbocycles. The maximum absolute atomic E-state index is 13.2. The lowest BCUT2D eigenvalue weighted by Gasteiger charge is -2.06. The molecule has 0 amide bonds. The number of nitriles is 1. The average molecular weight is 338 g/mol. The molecule has 0 fully saturated rings. The standard InChI is InChI=1S/C12H5BrFN3O3/c13-8-3-9(14)5-10(4-8)20-12-11(17(18)19)7(6-15)1-2-16-12/h1-5H. The molecule has 0 bridgehead atoms. The Morgan fingerprint density at radius 2 is 2.20 bits per heavy atom. The van der Waals surface area contributed by atoms with E-state index in [9.17, 15) is 14.5 Å². The minimum Gasteiger partial charge on any atom is -0.434 e. The molecule has 20 heavy (non-hydrogen) atoms. The molecule has 0 saturated heterocycles. The number of halogens is 2. The fourth-order valence-corrected chi connectivity index (χ4v) is 1.92. The highest BCUT2D eigenvalue weighted by Crippen LogP contribution is 2.32. The molecule has 1 heterocycles. The van der Waals surface area contributed by atoms with Crippen LogP contribution in [0, 0.1) is 27.3 Å². The Balaban J connectivity index is 2.49. The first-order valence-electron chi connectivity index (χ1n) is 5.18. The van der Waals surface area contributed by atoms with Crippen LogP contribution in [0.15, 0.2) is 34.9 Å². The lowest BCUT2D eigenvalue weighted by molar-refractivity contribution is -0.386. The number of benzene rings is 1. The van der Waals surface area contributed by atoms with Gasteiger partial charge < -0.3 is 4.74 Å². The van der Waals surface area contributed by atoms with Crippen LogP contribution < -0.4 is 4.74 Å². The number of pyridine rings is 1. The van der Waals surface area contributed by atoms with Crippen LogP contribution in [0.25, 0.3) is 0 Å². The van der Waals surface area contributed by atoms with Crippen molar-refractivity contribution in [3.05, 3.63) is 56.4 Å². The number of rotatable bonds is 3. The van der Waals surface area contributed by atoms with E-state index in [1.807, 2.05) is 0 Å². The summed E-state index contributed by atoms with van der Waals surface area (Å²) in [6.07, 6.45) is 1.20. The summed E-state index contributed by atoms with van der Waals surface area (Å²) in [5.41, 5.74) is -0.745. The van der Waals surface area contributed by atoms with Gasteiger partial charge in [-0.1, -0.05) is 15.9 Å². The van der Waals surface area contributed by atoms with Gasteiger partial charge in [0, 0.05) is 16.7 Å². The van der Waals surface area contributed by atoms with Gasteiger partial charge in [-0.25, -0.2) is 9.37 Å². The molecule has 0 atom stereocenters. The molecular weight excluding hydrogens is 333 g/mol. The zero-order valence-electron chi connectivity index (χ0n) is 9.71. The van der Waals surface area contributed by atoms with Gasteiger partial charge in [0.1, 0.15) is 23.2 Å². The van der Waals surface area contributed by atoms with E-state index in [-0.39, 0.29) is 17.2 Å². The first-order chi connectivity index (χ1) is 9.51. The lowest BCUT2D eigenvalue weighted by atomic mass is 10.2. The van der Waals surface area contributed by atoms with Crippen LogP contribution in [0.3, 0.4) is 0 Å². The SMILES string of the molecule is N#Cc1ccnc(Oc2cc(F)cc(Br)c2)c1[N+](=O)[O-]. The van der Waals surface area contributed by atoms with E-state index in [2.05, 4.69) is 20.9 Å². The second-order valence-electron chi connectivity index (χ2n) is 3.59. The van der Waals surface area contributed by atoms with Gasteiger partial charge in [0.15, 0.2) is 0 Å². The molecule has 0 radical (unpaired) electrons. The van der Waals surface area contributed by atoms with Crippen molar-refractivity contribution >= 4 is 21.6 Å². The Labute approximate surface area is 120 Å². The van der Waals surface area contributed by atoms with Crippen LogP contribution >= 0.6 is 15.9 Å². The third kappa shape index (κ3) is 2.89. The van der Waals surface area contributed by atoms with E-state index >= 15 is 0 Å². The summed E-state index contributed by atoms with van der Waals surface area (Å²) >= 11 is 3.08. The van der Waals surface area contributed by atoms with Gasteiger partial charge in [0.25, 0.3) is 0 Å². The summed E-state index contributed by atoms with van der Waals surface area (Å²) in [5.74, 6) is -0.914. The predicted molar refractivity (Wildman–Crippen MR) is 69.8 cm³/mol. The van der Waals surface area contributed by atoms with Crippen molar-refractivity contribution in [1.82, 2.24) is 4.98 Å². The van der Waals surface area contributed by atoms with Crippen molar-refractivity contribution in [2.75, 3.05) is 0 Å². The molecular formula is C12H5BrFN3O3. The Hall–Kier alpha value is -2.53. The molecule has 0 aliphatic heterocycles. The van der Waals surface area contributed by atoms with Crippen molar-refractivity contribution in [2.45, 2.75) is 0 Å². The molecule has 6 nitrogen and oxygen atoms in total. The molecule has 0 saturated carbocycles. The molecule has 0 N–H and O–H groups in total. The number of aromatic nitrogens is 1. The Kier molecular flexibility index (Phi) is 3.91. The lowest BCUT2D eigenvalue weighted by Crippen LogP contribution is -1.99. The van der Waals surface area contributed by atoms with Gasteiger partial charge in [-0.3, -0.25) is 10.1 Å². The van der Waals surface area contributed by atoms with Crippen LogP contribution in [0.5, 0.6) is 11.6 Å². The first-order valence-corrected chi connectivity index (χ1v) is 5.98. The molecule has 1 aromatic carbocycles. The summed E-state index contributed by atoms with van der Waals surface area (Å²) in [4.78, 5) is 13.9. The van der Waals surface area contributed by atoms with Crippen molar-refractivity contribution in [3.63, 3.8) is 0 Å². The van der Waals surface area contributed by atoms with Gasteiger partial charge in [-0.05, 0) is 18.2 Å². The highest BCUT2D eigenvalue weighted by Gasteiger charge is 2.23. The fourth-order valence-electron chi connectivity index (χ4n) is 1.48. The van der Waals surface area contributed by atoms with E-state index in [4.69, 9.17) is 10.00 Å². The van der Waals surface area contributed by atoms with Crippen molar-refractivity contribution < 1.29 is 14.1 Å². The van der Waals surface area contributed by atoms with Gasteiger partial charge in [0.05, 0.1) is 4.92 Å². The maximum atomic E-state index is 13.2. The van der Waals surface area contributed by atoms with E-state index in [1.165, 1.54) is 24.4 Å². The second kappa shape index (κ2) is 5.63. The highest BCUT2D eigenvalue weighted by atomic mass is 79.9. The number of hydrogen-bond acceptors (Lipinski definition) is 5. The number of nitrogens with zero attached hydrogens (tertiary/aromatic N) is 3. The maximum Gasteiger partial charge on any atom is 0.348 e. The van der Waals surface area contributed by atoms with E-state index in [0.29, 0.717) is 4.47 Å². The summed E-state index contributed by atoms with van der Waals surface area (Å²) in [7, 11) is 0. The zero-order chi connectivity index (χ0) is 14.7. The van der Waals surface area contributed by atoms with Crippen LogP contribution in [0.1, 0.15) is 5.56 Å². The van der Waals surface area contributed by atoms with Gasteiger partial charge in [0.2, 0.25) is 0 Å². The zero-order valence-corrected chi connectivity index (χ0v) is 11.3. The Morgan fingerprint density at radius 3 is 2.80 bits per heavy atom. The largest absolute Gasteiger partial charge is 0.434 e. The Morgan fingerprint density at radius 1 is 1.45 bits per heavy atom. The molecule has 2 rings (SSSR count). The second-order valence-corrected chi connectivity index (χ2v) is 4.50. The third-order valence-corrected chi connectivity index (χ3v) is 2.70. The predicted octanol–water partition coefficient (Wildman–Crippen LogP) is 3.56. The molecule has 1 aromatic heterocycles. The molecule has 0 aliphatic rings. The Bertz CT molecular complexity index is 710. The summed E-state index contributed by atoms with van der Waals surface area (Å²) < 4.78 is 18.8. The van der Waals surface area contributed by atoms with E-state index < -0.39 is 16.4 Å². The first kappa shape index (κ1) is 13.9. The summed E-state index contributed by atoms with van der Waals surface area (Å²) in [5, 5.41) is 19.8. The highest BCUT2D eigenvalue weighted by molar-refractivity contribution is 9.10. The van der Waals surface area contributed by atoms with Gasteiger partial charge in [-0.15, -0.1) is 0 Å². The molecule has 8 heteroatoms. The van der Waals surface area contributed by atoms with E-state index in [0.717, 1.165) is 6.07 Å². The average Bonchev–Trinajstić information content (AvgIpc) is 2.36. The minimum atomic E-state index is -0.769. The van der Waals surface area contributed by atoms with Crippen molar-refractivity contribution in [2.24, 2.45) is 0 Å². The van der Waals surface area contributed by atoms with Crippen LogP contribution in [0.2, 0.25) is 0 Å². The number of nitro groups is 1. The molecule has 0 unspecified atom stereocenters. The van der Waals surface area contributed by atoms with Crippen LogP contribution in [0.4, 0.5) is 10.1 Å². The monoisotopic (exact) mass is 337 g/mol. The van der Waals surface area contributed by atoms with Gasteiger partial charge >= 0.3 is 11.6 Å². The topological polar surface area (TPSA) is 89.0 Å². The molecule has 2 aromatic rings. The molecule has 100 valence electrons. The van der Waals surface area contributed by atoms with Crippen molar-refractivity contribution in [3.8, 4) is 17.7 Å². The van der Waals surface area contributed by atoms with Gasteiger partial charge in [-0.2, -0.15) is 5.26 Å². The summed E-state index contributed by atoms with van der Waals surface area (Å²) in [6.45, 7) is 0. The quantitative estimate of drug-likeness (QED) is 0.631. The van der Waals surface area contributed by atoms with Crippen LogP contribution in [-0.4, -0.2) is 9.91 Å². The molecule has 0 spiro atoms. The van der Waals surface area contributed by atoms with Crippen molar-refractivity contribution in [1.29, 1.82) is 5.26 Å². The van der Waals surface area contributed by atoms with E-state index in [1.54, 1.807) is 6.07 Å².